The zero-order valence-electron chi connectivity index (χ0n) is 14.4. The van der Waals surface area contributed by atoms with E-state index in [9.17, 15) is 0 Å². The molecule has 1 saturated heterocycles. The Morgan fingerprint density at radius 2 is 2.21 bits per heavy atom. The van der Waals surface area contributed by atoms with Crippen LogP contribution in [0.2, 0.25) is 0 Å². The van der Waals surface area contributed by atoms with Crippen molar-refractivity contribution in [3.8, 4) is 5.75 Å². The van der Waals surface area contributed by atoms with E-state index in [0.717, 1.165) is 29.6 Å². The lowest BCUT2D eigenvalue weighted by Gasteiger charge is -2.24. The van der Waals surface area contributed by atoms with Gasteiger partial charge in [-0.15, -0.1) is 24.0 Å². The molecule has 0 amide bonds. The lowest BCUT2D eigenvalue weighted by atomic mass is 10.2. The molecule has 2 N–H and O–H groups in total. The molecule has 1 aliphatic heterocycles. The summed E-state index contributed by atoms with van der Waals surface area (Å²) in [7, 11) is 3.49. The second-order valence-electron chi connectivity index (χ2n) is 5.42. The average Bonchev–Trinajstić information content (AvgIpc) is 2.61. The second kappa shape index (κ2) is 12.7. The van der Waals surface area contributed by atoms with Crippen LogP contribution >= 0.6 is 35.7 Å². The number of halogens is 1. The van der Waals surface area contributed by atoms with Gasteiger partial charge < -0.3 is 20.1 Å². The first-order chi connectivity index (χ1) is 11.3. The Morgan fingerprint density at radius 3 is 2.92 bits per heavy atom. The third-order valence-corrected chi connectivity index (χ3v) is 4.93. The predicted octanol–water partition coefficient (Wildman–Crippen LogP) is 2.89. The highest BCUT2D eigenvalue weighted by molar-refractivity contribution is 14.0. The van der Waals surface area contributed by atoms with Crippen LogP contribution in [-0.2, 0) is 11.3 Å². The molecule has 7 heteroatoms. The zero-order valence-corrected chi connectivity index (χ0v) is 17.6. The van der Waals surface area contributed by atoms with Gasteiger partial charge in [-0.1, -0.05) is 18.2 Å². The van der Waals surface area contributed by atoms with Gasteiger partial charge in [0.25, 0.3) is 0 Å². The summed E-state index contributed by atoms with van der Waals surface area (Å²) >= 11 is 2.01. The number of benzene rings is 1. The van der Waals surface area contributed by atoms with Gasteiger partial charge in [0.05, 0.1) is 20.3 Å². The Hall–Kier alpha value is -0.670. The molecule has 0 aromatic heterocycles. The van der Waals surface area contributed by atoms with Crippen LogP contribution in [-0.4, -0.2) is 50.8 Å². The maximum atomic E-state index is 5.72. The fourth-order valence-electron chi connectivity index (χ4n) is 2.49. The molecule has 1 atom stereocenters. The Morgan fingerprint density at radius 1 is 1.38 bits per heavy atom. The van der Waals surface area contributed by atoms with Crippen molar-refractivity contribution in [3.63, 3.8) is 0 Å². The Labute approximate surface area is 166 Å². The smallest absolute Gasteiger partial charge is 0.191 e. The quantitative estimate of drug-likeness (QED) is 0.281. The van der Waals surface area contributed by atoms with Crippen LogP contribution in [0, 0.1) is 0 Å². The molecule has 5 nitrogen and oxygen atoms in total. The summed E-state index contributed by atoms with van der Waals surface area (Å²) in [5.74, 6) is 4.16. The summed E-state index contributed by atoms with van der Waals surface area (Å²) in [5.41, 5.74) is 1.07. The molecule has 1 aliphatic rings. The topological polar surface area (TPSA) is 54.9 Å². The lowest BCUT2D eigenvalue weighted by molar-refractivity contribution is 0.123. The molecular weight excluding hydrogens is 437 g/mol. The minimum Gasteiger partial charge on any atom is -0.496 e. The van der Waals surface area contributed by atoms with Crippen molar-refractivity contribution in [2.75, 3.05) is 38.8 Å². The molecule has 24 heavy (non-hydrogen) atoms. The fourth-order valence-corrected chi connectivity index (χ4v) is 3.56. The number of para-hydroxylation sites is 1. The average molecular weight is 465 g/mol. The largest absolute Gasteiger partial charge is 0.496 e. The predicted molar refractivity (Wildman–Crippen MR) is 113 cm³/mol. The van der Waals surface area contributed by atoms with Crippen molar-refractivity contribution in [3.05, 3.63) is 29.8 Å². The summed E-state index contributed by atoms with van der Waals surface area (Å²) in [4.78, 5) is 4.27. The molecule has 1 fully saturated rings. The highest BCUT2D eigenvalue weighted by Gasteiger charge is 2.14. The summed E-state index contributed by atoms with van der Waals surface area (Å²) in [6, 6.07) is 8.45. The van der Waals surface area contributed by atoms with Crippen molar-refractivity contribution in [1.82, 2.24) is 10.6 Å². The number of hydrogen-bond donors (Lipinski definition) is 2. The number of nitrogens with zero attached hydrogens (tertiary/aromatic N) is 1. The normalized spacial score (nSPS) is 17.8. The van der Waals surface area contributed by atoms with Gasteiger partial charge >= 0.3 is 0 Å². The minimum atomic E-state index is 0. The molecule has 0 bridgehead atoms. The summed E-state index contributed by atoms with van der Waals surface area (Å²) in [5, 5.41) is 6.78. The maximum absolute atomic E-state index is 5.72. The molecule has 1 aromatic carbocycles. The number of aliphatic imine (C=N–C) groups is 1. The highest BCUT2D eigenvalue weighted by Crippen LogP contribution is 2.18. The summed E-state index contributed by atoms with van der Waals surface area (Å²) < 4.78 is 11.0. The Kier molecular flexibility index (Phi) is 11.3. The first-order valence-electron chi connectivity index (χ1n) is 8.08. The highest BCUT2D eigenvalue weighted by atomic mass is 127. The third-order valence-electron chi connectivity index (χ3n) is 3.71. The summed E-state index contributed by atoms with van der Waals surface area (Å²) in [6.45, 7) is 1.91. The zero-order chi connectivity index (χ0) is 16.3. The van der Waals surface area contributed by atoms with Gasteiger partial charge in [0.1, 0.15) is 5.75 Å². The van der Waals surface area contributed by atoms with E-state index in [2.05, 4.69) is 15.6 Å². The van der Waals surface area contributed by atoms with Gasteiger partial charge in [-0.3, -0.25) is 4.99 Å². The minimum absolute atomic E-state index is 0. The lowest BCUT2D eigenvalue weighted by Crippen LogP contribution is -2.46. The number of hydrogen-bond acceptors (Lipinski definition) is 4. The molecule has 0 saturated carbocycles. The number of rotatable bonds is 7. The van der Waals surface area contributed by atoms with Crippen molar-refractivity contribution in [2.24, 2.45) is 4.99 Å². The SMILES string of the molecule is CN=C(NCCOCc1ccccc1OC)NC1CCCSC1.I. The molecule has 0 spiro atoms. The van der Waals surface area contributed by atoms with Crippen molar-refractivity contribution in [2.45, 2.75) is 25.5 Å². The van der Waals surface area contributed by atoms with Crippen LogP contribution in [0.5, 0.6) is 5.75 Å². The molecule has 2 rings (SSSR count). The molecule has 0 radical (unpaired) electrons. The van der Waals surface area contributed by atoms with E-state index in [0.29, 0.717) is 19.3 Å². The van der Waals surface area contributed by atoms with Gasteiger partial charge in [-0.05, 0) is 24.7 Å². The number of nitrogens with one attached hydrogen (secondary N) is 2. The van der Waals surface area contributed by atoms with E-state index in [4.69, 9.17) is 9.47 Å². The molecule has 0 aliphatic carbocycles. The maximum Gasteiger partial charge on any atom is 0.191 e. The van der Waals surface area contributed by atoms with Crippen molar-refractivity contribution in [1.29, 1.82) is 0 Å². The monoisotopic (exact) mass is 465 g/mol. The standard InChI is InChI=1S/C17H27N3O2S.HI/c1-18-17(20-15-7-5-11-23-13-15)19-9-10-22-12-14-6-3-4-8-16(14)21-2;/h3-4,6,8,15H,5,7,9-13H2,1-2H3,(H2,18,19,20);1H. The molecule has 1 aromatic rings. The number of methoxy groups -OCH3 is 1. The van der Waals surface area contributed by atoms with Crippen molar-refractivity contribution >= 4 is 41.7 Å². The van der Waals surface area contributed by atoms with Gasteiger partial charge in [0.15, 0.2) is 5.96 Å². The van der Waals surface area contributed by atoms with E-state index in [1.165, 1.54) is 18.6 Å². The molecule has 1 unspecified atom stereocenters. The van der Waals surface area contributed by atoms with E-state index >= 15 is 0 Å². The van der Waals surface area contributed by atoms with Crippen LogP contribution in [0.4, 0.5) is 0 Å². The van der Waals surface area contributed by atoms with Crippen LogP contribution in [0.3, 0.4) is 0 Å². The van der Waals surface area contributed by atoms with Crippen LogP contribution in [0.25, 0.3) is 0 Å². The third kappa shape index (κ3) is 7.48. The second-order valence-corrected chi connectivity index (χ2v) is 6.57. The first-order valence-corrected chi connectivity index (χ1v) is 9.23. The number of guanidine groups is 1. The van der Waals surface area contributed by atoms with E-state index < -0.39 is 0 Å². The number of thioether (sulfide) groups is 1. The Bertz CT molecular complexity index is 496. The van der Waals surface area contributed by atoms with Gasteiger partial charge in [0.2, 0.25) is 0 Å². The van der Waals surface area contributed by atoms with E-state index in [1.54, 1.807) is 14.2 Å². The van der Waals surface area contributed by atoms with Crippen LogP contribution in [0.1, 0.15) is 18.4 Å². The van der Waals surface area contributed by atoms with Crippen LogP contribution < -0.4 is 15.4 Å². The van der Waals surface area contributed by atoms with Crippen LogP contribution in [0.15, 0.2) is 29.3 Å². The number of ether oxygens (including phenoxy) is 2. The molecule has 136 valence electrons. The van der Waals surface area contributed by atoms with Crippen molar-refractivity contribution < 1.29 is 9.47 Å². The summed E-state index contributed by atoms with van der Waals surface area (Å²) in [6.07, 6.45) is 2.50. The van der Waals surface area contributed by atoms with E-state index in [-0.39, 0.29) is 24.0 Å². The molecule has 1 heterocycles. The first kappa shape index (κ1) is 21.4. The van der Waals surface area contributed by atoms with E-state index in [1.807, 2.05) is 36.0 Å². The molecular formula is C17H28IN3O2S. The van der Waals surface area contributed by atoms with Gasteiger partial charge in [0, 0.05) is 31.0 Å². The fraction of sp³-hybridized carbons (Fsp3) is 0.588. The Balaban J connectivity index is 0.00000288. The van der Waals surface area contributed by atoms with Gasteiger partial charge in [-0.2, -0.15) is 11.8 Å². The van der Waals surface area contributed by atoms with Gasteiger partial charge in [-0.25, -0.2) is 0 Å².